The van der Waals surface area contributed by atoms with Crippen molar-refractivity contribution in [3.63, 3.8) is 0 Å². The molecule has 82 valence electrons. The molecule has 0 heterocycles. The molecule has 1 aromatic rings. The first-order valence-electron chi connectivity index (χ1n) is 5.06. The third-order valence-electron chi connectivity index (χ3n) is 3.00. The molecule has 1 rings (SSSR count). The van der Waals surface area contributed by atoms with Gasteiger partial charge in [0.05, 0.1) is 0 Å². The molecule has 0 saturated heterocycles. The molecule has 0 aliphatic carbocycles. The Morgan fingerprint density at radius 3 is 2.13 bits per heavy atom. The molecule has 0 fully saturated rings. The van der Waals surface area contributed by atoms with Gasteiger partial charge >= 0.3 is 0 Å². The molecule has 1 unspecified atom stereocenters. The van der Waals surface area contributed by atoms with Gasteiger partial charge in [-0.15, -0.1) is 0 Å². The molecule has 0 aliphatic rings. The van der Waals surface area contributed by atoms with Crippen molar-refractivity contribution in [3.05, 3.63) is 46.5 Å². The molecule has 0 amide bonds. The Bertz CT molecular complexity index is 337. The van der Waals surface area contributed by atoms with E-state index in [9.17, 15) is 0 Å². The van der Waals surface area contributed by atoms with Crippen LogP contribution in [0.3, 0.4) is 0 Å². The van der Waals surface area contributed by atoms with Crippen molar-refractivity contribution < 1.29 is 0 Å². The van der Waals surface area contributed by atoms with Crippen LogP contribution in [0, 0.1) is 5.92 Å². The minimum absolute atomic E-state index is 0.111. The number of allylic oxidation sites excluding steroid dienone is 1. The number of halogens is 2. The number of rotatable bonds is 3. The van der Waals surface area contributed by atoms with Crippen molar-refractivity contribution in [2.75, 3.05) is 0 Å². The largest absolute Gasteiger partial charge is 0.103 e. The van der Waals surface area contributed by atoms with Gasteiger partial charge in [-0.25, -0.2) is 0 Å². The van der Waals surface area contributed by atoms with Crippen LogP contribution >= 0.6 is 23.2 Å². The summed E-state index contributed by atoms with van der Waals surface area (Å²) in [6, 6.07) is 10.3. The summed E-state index contributed by atoms with van der Waals surface area (Å²) in [6.45, 7) is 6.48. The fourth-order valence-corrected chi connectivity index (χ4v) is 2.06. The first-order valence-corrected chi connectivity index (χ1v) is 5.82. The highest BCUT2D eigenvalue weighted by atomic mass is 35.5. The standard InChI is InChI=1S/C13H16Cl2/c1-10(2)13(3,9-12(14)15)11-7-5-4-6-8-11/h4-10H,1-3H3. The summed E-state index contributed by atoms with van der Waals surface area (Å²) in [5.41, 5.74) is 1.12. The first kappa shape index (κ1) is 12.6. The Morgan fingerprint density at radius 2 is 1.73 bits per heavy atom. The average molecular weight is 243 g/mol. The highest BCUT2D eigenvalue weighted by Crippen LogP contribution is 2.35. The zero-order chi connectivity index (χ0) is 11.5. The second-order valence-corrected chi connectivity index (χ2v) is 5.25. The molecule has 0 saturated carbocycles. The zero-order valence-electron chi connectivity index (χ0n) is 9.30. The van der Waals surface area contributed by atoms with Crippen molar-refractivity contribution >= 4 is 23.2 Å². The lowest BCUT2D eigenvalue weighted by Gasteiger charge is -2.31. The molecule has 0 bridgehead atoms. The highest BCUT2D eigenvalue weighted by Gasteiger charge is 2.28. The van der Waals surface area contributed by atoms with E-state index in [4.69, 9.17) is 23.2 Å². The van der Waals surface area contributed by atoms with Gasteiger partial charge in [-0.05, 0) is 17.6 Å². The minimum Gasteiger partial charge on any atom is -0.0712 e. The van der Waals surface area contributed by atoms with Crippen LogP contribution in [0.2, 0.25) is 0 Å². The predicted molar refractivity (Wildman–Crippen MR) is 68.4 cm³/mol. The van der Waals surface area contributed by atoms with Crippen molar-refractivity contribution in [1.82, 2.24) is 0 Å². The van der Waals surface area contributed by atoms with E-state index < -0.39 is 0 Å². The van der Waals surface area contributed by atoms with Gasteiger partial charge in [0, 0.05) is 5.41 Å². The fourth-order valence-electron chi connectivity index (χ4n) is 1.61. The Balaban J connectivity index is 3.19. The quantitative estimate of drug-likeness (QED) is 0.706. The Labute approximate surface area is 102 Å². The van der Waals surface area contributed by atoms with Crippen molar-refractivity contribution in [3.8, 4) is 0 Å². The summed E-state index contributed by atoms with van der Waals surface area (Å²) in [6.07, 6.45) is 1.91. The van der Waals surface area contributed by atoms with Gasteiger partial charge in [-0.2, -0.15) is 0 Å². The highest BCUT2D eigenvalue weighted by molar-refractivity contribution is 6.55. The van der Waals surface area contributed by atoms with Gasteiger partial charge in [-0.3, -0.25) is 0 Å². The van der Waals surface area contributed by atoms with Gasteiger partial charge in [0.25, 0.3) is 0 Å². The zero-order valence-corrected chi connectivity index (χ0v) is 10.8. The number of benzene rings is 1. The van der Waals surface area contributed by atoms with Gasteiger partial charge < -0.3 is 0 Å². The fraction of sp³-hybridized carbons (Fsp3) is 0.385. The van der Waals surface area contributed by atoms with Crippen molar-refractivity contribution in [1.29, 1.82) is 0 Å². The lowest BCUT2D eigenvalue weighted by molar-refractivity contribution is 0.420. The van der Waals surface area contributed by atoms with E-state index in [2.05, 4.69) is 32.9 Å². The molecule has 2 heteroatoms. The first-order chi connectivity index (χ1) is 6.97. The molecule has 1 aromatic carbocycles. The minimum atomic E-state index is -0.111. The summed E-state index contributed by atoms with van der Waals surface area (Å²) < 4.78 is 0.329. The van der Waals surface area contributed by atoms with Gasteiger partial charge in [0.1, 0.15) is 4.49 Å². The van der Waals surface area contributed by atoms with E-state index in [-0.39, 0.29) is 5.41 Å². The van der Waals surface area contributed by atoms with E-state index in [1.807, 2.05) is 24.3 Å². The van der Waals surface area contributed by atoms with Crippen LogP contribution in [-0.4, -0.2) is 0 Å². The summed E-state index contributed by atoms with van der Waals surface area (Å²) >= 11 is 11.6. The Hall–Kier alpha value is -0.460. The molecule has 15 heavy (non-hydrogen) atoms. The topological polar surface area (TPSA) is 0 Å². The van der Waals surface area contributed by atoms with Crippen LogP contribution in [0.25, 0.3) is 0 Å². The Kier molecular flexibility index (Phi) is 4.24. The van der Waals surface area contributed by atoms with Crippen LogP contribution in [0.4, 0.5) is 0 Å². The van der Waals surface area contributed by atoms with E-state index in [0.29, 0.717) is 10.4 Å². The van der Waals surface area contributed by atoms with Crippen LogP contribution in [0.15, 0.2) is 40.9 Å². The predicted octanol–water partition coefficient (Wildman–Crippen LogP) is 4.92. The molecule has 0 spiro atoms. The molecule has 0 radical (unpaired) electrons. The molecule has 0 aliphatic heterocycles. The van der Waals surface area contributed by atoms with Crippen molar-refractivity contribution in [2.24, 2.45) is 5.92 Å². The molecule has 0 N–H and O–H groups in total. The molecular weight excluding hydrogens is 227 g/mol. The maximum absolute atomic E-state index is 5.78. The van der Waals surface area contributed by atoms with Gasteiger partial charge in [0.15, 0.2) is 0 Å². The van der Waals surface area contributed by atoms with E-state index in [1.54, 1.807) is 0 Å². The van der Waals surface area contributed by atoms with Crippen LogP contribution < -0.4 is 0 Å². The third-order valence-corrected chi connectivity index (χ3v) is 3.22. The maximum atomic E-state index is 5.78. The van der Waals surface area contributed by atoms with Gasteiger partial charge in [0.2, 0.25) is 0 Å². The van der Waals surface area contributed by atoms with E-state index in [1.165, 1.54) is 5.56 Å². The smallest absolute Gasteiger partial charge is 0.0712 e. The SMILES string of the molecule is CC(C)C(C)(C=C(Cl)Cl)c1ccccc1. The Morgan fingerprint density at radius 1 is 1.20 bits per heavy atom. The van der Waals surface area contributed by atoms with Crippen LogP contribution in [0.1, 0.15) is 26.3 Å². The van der Waals surface area contributed by atoms with Crippen LogP contribution in [-0.2, 0) is 5.41 Å². The summed E-state index contributed by atoms with van der Waals surface area (Å²) in [7, 11) is 0. The second-order valence-electron chi connectivity index (χ2n) is 4.24. The molecule has 1 atom stereocenters. The van der Waals surface area contributed by atoms with Crippen LogP contribution in [0.5, 0.6) is 0 Å². The lowest BCUT2D eigenvalue weighted by Crippen LogP contribution is -2.26. The second kappa shape index (κ2) is 5.05. The monoisotopic (exact) mass is 242 g/mol. The lowest BCUT2D eigenvalue weighted by atomic mass is 9.73. The molecule has 0 aromatic heterocycles. The third kappa shape index (κ3) is 2.99. The number of hydrogen-bond donors (Lipinski definition) is 0. The summed E-state index contributed by atoms with van der Waals surface area (Å²) in [4.78, 5) is 0. The van der Waals surface area contributed by atoms with Crippen molar-refractivity contribution in [2.45, 2.75) is 26.2 Å². The molecule has 0 nitrogen and oxygen atoms in total. The number of hydrogen-bond acceptors (Lipinski definition) is 0. The summed E-state index contributed by atoms with van der Waals surface area (Å²) in [5, 5.41) is 0. The molecular formula is C13H16Cl2. The average Bonchev–Trinajstić information content (AvgIpc) is 2.17. The normalized spacial score (nSPS) is 14.8. The van der Waals surface area contributed by atoms with E-state index >= 15 is 0 Å². The van der Waals surface area contributed by atoms with E-state index in [0.717, 1.165) is 0 Å². The summed E-state index contributed by atoms with van der Waals surface area (Å²) in [5.74, 6) is 0.437. The maximum Gasteiger partial charge on any atom is 0.103 e. The van der Waals surface area contributed by atoms with Gasteiger partial charge in [-0.1, -0.05) is 74.3 Å².